The van der Waals surface area contributed by atoms with Crippen LogP contribution in [0, 0.1) is 6.92 Å². The molecule has 0 atom stereocenters. The van der Waals surface area contributed by atoms with Crippen LogP contribution in [0.25, 0.3) is 28.7 Å². The highest BCUT2D eigenvalue weighted by molar-refractivity contribution is 7.98. The van der Waals surface area contributed by atoms with Crippen molar-refractivity contribution in [1.29, 1.82) is 0 Å². The highest BCUT2D eigenvalue weighted by atomic mass is 35.5. The van der Waals surface area contributed by atoms with Gasteiger partial charge in [-0.15, -0.1) is 11.8 Å². The summed E-state index contributed by atoms with van der Waals surface area (Å²) in [7, 11) is 0. The SMILES string of the molecule is CSc1ccc(/C=C/c2nc3ccccc3c(=O)n2-c2cccc(Cl)c2C)cc1. The first-order valence-electron chi connectivity index (χ1n) is 9.18. The normalized spacial score (nSPS) is 11.4. The van der Waals surface area contributed by atoms with Crippen LogP contribution >= 0.6 is 23.4 Å². The van der Waals surface area contributed by atoms with Crippen molar-refractivity contribution >= 4 is 46.4 Å². The van der Waals surface area contributed by atoms with Gasteiger partial charge in [0.15, 0.2) is 0 Å². The number of rotatable bonds is 4. The zero-order valence-corrected chi connectivity index (χ0v) is 17.7. The van der Waals surface area contributed by atoms with Crippen molar-refractivity contribution in [3.05, 3.63) is 99.1 Å². The molecule has 0 fully saturated rings. The van der Waals surface area contributed by atoms with Crippen LogP contribution in [0.4, 0.5) is 0 Å². The third-order valence-electron chi connectivity index (χ3n) is 4.82. The fraction of sp³-hybridized carbons (Fsp3) is 0.0833. The number of fused-ring (bicyclic) bond motifs is 1. The maximum atomic E-state index is 13.4. The lowest BCUT2D eigenvalue weighted by Crippen LogP contribution is -2.23. The lowest BCUT2D eigenvalue weighted by atomic mass is 10.1. The maximum absolute atomic E-state index is 13.4. The second kappa shape index (κ2) is 8.27. The van der Waals surface area contributed by atoms with Crippen LogP contribution in [0.5, 0.6) is 0 Å². The molecule has 0 saturated carbocycles. The van der Waals surface area contributed by atoms with E-state index in [1.54, 1.807) is 22.4 Å². The number of halogens is 1. The van der Waals surface area contributed by atoms with Crippen LogP contribution in [0.1, 0.15) is 17.0 Å². The Bertz CT molecular complexity index is 1280. The van der Waals surface area contributed by atoms with Crippen molar-refractivity contribution in [3.63, 3.8) is 0 Å². The minimum absolute atomic E-state index is 0.113. The van der Waals surface area contributed by atoms with Crippen LogP contribution in [0.2, 0.25) is 5.02 Å². The molecule has 3 nitrogen and oxygen atoms in total. The molecule has 1 aromatic heterocycles. The quantitative estimate of drug-likeness (QED) is 0.368. The standard InChI is InChI=1S/C24H19ClN2OS/c1-16-20(25)7-5-9-22(16)27-23(15-12-17-10-13-18(29-2)14-11-17)26-21-8-4-3-6-19(21)24(27)28/h3-15H,1-2H3/b15-12+. The molecule has 4 aromatic rings. The first kappa shape index (κ1) is 19.5. The van der Waals surface area contributed by atoms with Gasteiger partial charge in [0.05, 0.1) is 16.6 Å². The Balaban J connectivity index is 1.93. The summed E-state index contributed by atoms with van der Waals surface area (Å²) in [6.07, 6.45) is 5.90. The van der Waals surface area contributed by atoms with Crippen molar-refractivity contribution in [2.24, 2.45) is 0 Å². The highest BCUT2D eigenvalue weighted by Crippen LogP contribution is 2.24. The van der Waals surface area contributed by atoms with E-state index >= 15 is 0 Å². The van der Waals surface area contributed by atoms with Gasteiger partial charge in [0.2, 0.25) is 0 Å². The minimum Gasteiger partial charge on any atom is -0.268 e. The van der Waals surface area contributed by atoms with Gasteiger partial charge in [-0.25, -0.2) is 4.98 Å². The third-order valence-corrected chi connectivity index (χ3v) is 5.98. The number of thioether (sulfide) groups is 1. The molecular weight excluding hydrogens is 400 g/mol. The number of hydrogen-bond acceptors (Lipinski definition) is 3. The van der Waals surface area contributed by atoms with E-state index in [4.69, 9.17) is 16.6 Å². The largest absolute Gasteiger partial charge is 0.268 e. The molecular formula is C24H19ClN2OS. The van der Waals surface area contributed by atoms with Gasteiger partial charge in [-0.1, -0.05) is 48.0 Å². The Morgan fingerprint density at radius 2 is 1.72 bits per heavy atom. The molecule has 0 unspecified atom stereocenters. The Labute approximate surface area is 178 Å². The molecule has 29 heavy (non-hydrogen) atoms. The van der Waals surface area contributed by atoms with E-state index in [2.05, 4.69) is 30.5 Å². The van der Waals surface area contributed by atoms with E-state index in [9.17, 15) is 4.79 Å². The second-order valence-electron chi connectivity index (χ2n) is 6.62. The molecule has 0 spiro atoms. The lowest BCUT2D eigenvalue weighted by molar-refractivity contribution is 0.934. The molecule has 1 heterocycles. The number of hydrogen-bond donors (Lipinski definition) is 0. The number of para-hydroxylation sites is 1. The first-order valence-corrected chi connectivity index (χ1v) is 10.8. The van der Waals surface area contributed by atoms with E-state index in [1.165, 1.54) is 4.90 Å². The molecule has 0 aliphatic heterocycles. The van der Waals surface area contributed by atoms with Crippen LogP contribution in [-0.4, -0.2) is 15.8 Å². The van der Waals surface area contributed by atoms with Gasteiger partial charge < -0.3 is 0 Å². The molecule has 0 aliphatic rings. The highest BCUT2D eigenvalue weighted by Gasteiger charge is 2.13. The molecule has 4 rings (SSSR count). The summed E-state index contributed by atoms with van der Waals surface area (Å²) < 4.78 is 1.64. The number of aromatic nitrogens is 2. The predicted molar refractivity (Wildman–Crippen MR) is 124 cm³/mol. The maximum Gasteiger partial charge on any atom is 0.266 e. The van der Waals surface area contributed by atoms with Gasteiger partial charge in [0.25, 0.3) is 5.56 Å². The fourth-order valence-corrected chi connectivity index (χ4v) is 3.80. The molecule has 0 aliphatic carbocycles. The van der Waals surface area contributed by atoms with Gasteiger partial charge in [0, 0.05) is 9.92 Å². The minimum atomic E-state index is -0.113. The Morgan fingerprint density at radius 3 is 2.48 bits per heavy atom. The van der Waals surface area contributed by atoms with Gasteiger partial charge in [-0.3, -0.25) is 9.36 Å². The summed E-state index contributed by atoms with van der Waals surface area (Å²) in [6, 6.07) is 21.2. The topological polar surface area (TPSA) is 34.9 Å². The first-order chi connectivity index (χ1) is 14.1. The molecule has 3 aromatic carbocycles. The van der Waals surface area contributed by atoms with Crippen molar-refractivity contribution in [1.82, 2.24) is 9.55 Å². The van der Waals surface area contributed by atoms with Crippen molar-refractivity contribution < 1.29 is 0 Å². The molecule has 0 radical (unpaired) electrons. The summed E-state index contributed by atoms with van der Waals surface area (Å²) in [6.45, 7) is 1.91. The zero-order valence-electron chi connectivity index (χ0n) is 16.1. The van der Waals surface area contributed by atoms with E-state index < -0.39 is 0 Å². The summed E-state index contributed by atoms with van der Waals surface area (Å²) in [5.41, 5.74) is 3.18. The predicted octanol–water partition coefficient (Wildman–Crippen LogP) is 6.24. The van der Waals surface area contributed by atoms with Crippen LogP contribution in [0.15, 0.2) is 76.4 Å². The Hall–Kier alpha value is -2.82. The Kier molecular flexibility index (Phi) is 5.56. The van der Waals surface area contributed by atoms with E-state index in [0.29, 0.717) is 21.7 Å². The molecule has 0 bridgehead atoms. The van der Waals surface area contributed by atoms with Gasteiger partial charge in [-0.2, -0.15) is 0 Å². The number of benzene rings is 3. The van der Waals surface area contributed by atoms with Crippen molar-refractivity contribution in [2.75, 3.05) is 6.26 Å². The summed E-state index contributed by atoms with van der Waals surface area (Å²) in [5.74, 6) is 0.563. The molecule has 0 amide bonds. The second-order valence-corrected chi connectivity index (χ2v) is 7.91. The van der Waals surface area contributed by atoms with Gasteiger partial charge >= 0.3 is 0 Å². The van der Waals surface area contributed by atoms with Crippen molar-refractivity contribution in [3.8, 4) is 5.69 Å². The smallest absolute Gasteiger partial charge is 0.266 e. The van der Waals surface area contributed by atoms with Crippen LogP contribution in [0.3, 0.4) is 0 Å². The van der Waals surface area contributed by atoms with Crippen LogP contribution < -0.4 is 5.56 Å². The lowest BCUT2D eigenvalue weighted by Gasteiger charge is -2.14. The fourth-order valence-electron chi connectivity index (χ4n) is 3.22. The van der Waals surface area contributed by atoms with Crippen LogP contribution in [-0.2, 0) is 0 Å². The summed E-state index contributed by atoms with van der Waals surface area (Å²) in [4.78, 5) is 19.3. The van der Waals surface area contributed by atoms with E-state index in [1.807, 2.05) is 55.5 Å². The summed E-state index contributed by atoms with van der Waals surface area (Å²) >= 11 is 8.04. The van der Waals surface area contributed by atoms with E-state index in [0.717, 1.165) is 16.8 Å². The Morgan fingerprint density at radius 1 is 0.966 bits per heavy atom. The van der Waals surface area contributed by atoms with Gasteiger partial charge in [-0.05, 0) is 66.8 Å². The monoisotopic (exact) mass is 418 g/mol. The zero-order chi connectivity index (χ0) is 20.4. The number of nitrogens with zero attached hydrogens (tertiary/aromatic N) is 2. The molecule has 5 heteroatoms. The van der Waals surface area contributed by atoms with Crippen molar-refractivity contribution in [2.45, 2.75) is 11.8 Å². The van der Waals surface area contributed by atoms with Gasteiger partial charge in [0.1, 0.15) is 5.82 Å². The molecule has 0 N–H and O–H groups in total. The third kappa shape index (κ3) is 3.86. The summed E-state index contributed by atoms with van der Waals surface area (Å²) in [5, 5.41) is 1.19. The average Bonchev–Trinajstić information content (AvgIpc) is 2.75. The molecule has 0 saturated heterocycles. The van der Waals surface area contributed by atoms with E-state index in [-0.39, 0.29) is 5.56 Å². The molecule has 144 valence electrons. The average molecular weight is 419 g/mol.